The van der Waals surface area contributed by atoms with Crippen molar-refractivity contribution in [2.75, 3.05) is 33.0 Å². The van der Waals surface area contributed by atoms with Gasteiger partial charge in [0.2, 0.25) is 11.8 Å². The number of rotatable bonds is 12. The number of carboxylic acid groups (broad SMARTS) is 1. The summed E-state index contributed by atoms with van der Waals surface area (Å²) in [6.45, 7) is 3.89. The molecule has 3 rings (SSSR count). The number of hydrogen-bond acceptors (Lipinski definition) is 6. The molecule has 220 valence electrons. The summed E-state index contributed by atoms with van der Waals surface area (Å²) in [5.41, 5.74) is 0.832. The second kappa shape index (κ2) is 13.7. The number of hydrogen-bond donors (Lipinski definition) is 3. The Kier molecular flexibility index (Phi) is 10.3. The maximum absolute atomic E-state index is 14.4. The predicted octanol–water partition coefficient (Wildman–Crippen LogP) is 3.09. The Hall–Kier alpha value is -4.55. The Bertz CT molecular complexity index is 1490. The average molecular weight is 570 g/mol. The number of imidazole rings is 1. The smallest absolute Gasteiger partial charge is 0.407 e. The van der Waals surface area contributed by atoms with Gasteiger partial charge < -0.3 is 29.8 Å². The summed E-state index contributed by atoms with van der Waals surface area (Å²) in [5, 5.41) is 11.9. The highest BCUT2D eigenvalue weighted by molar-refractivity contribution is 5.92. The number of anilines is 1. The molecule has 0 saturated carbocycles. The number of aromatic amines is 1. The van der Waals surface area contributed by atoms with Gasteiger partial charge in [0.15, 0.2) is 5.65 Å². The second-order valence-corrected chi connectivity index (χ2v) is 10.5. The molecule has 13 heteroatoms. The van der Waals surface area contributed by atoms with Gasteiger partial charge in [-0.1, -0.05) is 19.9 Å². The first-order valence-corrected chi connectivity index (χ1v) is 13.2. The van der Waals surface area contributed by atoms with Gasteiger partial charge in [-0.3, -0.25) is 14.4 Å². The Morgan fingerprint density at radius 3 is 2.63 bits per heavy atom. The molecule has 3 heterocycles. The van der Waals surface area contributed by atoms with Crippen LogP contribution in [0.2, 0.25) is 0 Å². The molecule has 3 aromatic rings. The van der Waals surface area contributed by atoms with E-state index >= 15 is 0 Å². The number of halogens is 1. The number of allylic oxidation sites excluding steroid dienone is 1. The molecule has 41 heavy (non-hydrogen) atoms. The number of amides is 3. The fourth-order valence-corrected chi connectivity index (χ4v) is 4.21. The van der Waals surface area contributed by atoms with Gasteiger partial charge in [0.1, 0.15) is 17.3 Å². The summed E-state index contributed by atoms with van der Waals surface area (Å²) >= 11 is 0. The Labute approximate surface area is 236 Å². The highest BCUT2D eigenvalue weighted by Gasteiger charge is 2.23. The van der Waals surface area contributed by atoms with E-state index in [4.69, 9.17) is 0 Å². The largest absolute Gasteiger partial charge is 0.465 e. The predicted molar refractivity (Wildman–Crippen MR) is 152 cm³/mol. The molecule has 0 spiro atoms. The number of aromatic nitrogens is 4. The van der Waals surface area contributed by atoms with Crippen LogP contribution in [0.3, 0.4) is 0 Å². The number of carbonyl (C=O) groups is 3. The third kappa shape index (κ3) is 8.22. The summed E-state index contributed by atoms with van der Waals surface area (Å²) in [6, 6.07) is 3.05. The van der Waals surface area contributed by atoms with Gasteiger partial charge in [0.05, 0.1) is 24.2 Å². The first-order chi connectivity index (χ1) is 19.4. The van der Waals surface area contributed by atoms with E-state index in [0.29, 0.717) is 35.4 Å². The minimum absolute atomic E-state index is 0.0135. The van der Waals surface area contributed by atoms with Crippen LogP contribution in [-0.4, -0.2) is 80.0 Å². The van der Waals surface area contributed by atoms with Crippen LogP contribution in [0, 0.1) is 17.7 Å². The Morgan fingerprint density at radius 2 is 1.98 bits per heavy atom. The maximum atomic E-state index is 14.4. The van der Waals surface area contributed by atoms with Crippen LogP contribution in [0.15, 0.2) is 41.5 Å². The summed E-state index contributed by atoms with van der Waals surface area (Å²) < 4.78 is 15.8. The van der Waals surface area contributed by atoms with Crippen molar-refractivity contribution in [2.45, 2.75) is 39.7 Å². The molecule has 3 aromatic heterocycles. The SMILES string of the molecule is CC(C)Cc1c(F)cnc2nc(Cn3cccc(NC(=O)[C@@H](CC/C=C/C(=O)N(C)C)CN(C)C(=O)O)c3=O)[nH]c12. The molecule has 12 nitrogen and oxygen atoms in total. The average Bonchev–Trinajstić information content (AvgIpc) is 3.32. The van der Waals surface area contributed by atoms with E-state index < -0.39 is 29.3 Å². The molecule has 0 unspecified atom stereocenters. The lowest BCUT2D eigenvalue weighted by Gasteiger charge is -2.21. The van der Waals surface area contributed by atoms with E-state index in [1.807, 2.05) is 13.8 Å². The van der Waals surface area contributed by atoms with Crippen LogP contribution in [0.1, 0.15) is 38.1 Å². The molecule has 1 atom stereocenters. The molecule has 0 aliphatic carbocycles. The molecule has 0 aliphatic heterocycles. The van der Waals surface area contributed by atoms with E-state index in [0.717, 1.165) is 11.1 Å². The van der Waals surface area contributed by atoms with E-state index in [1.54, 1.807) is 26.2 Å². The molecular formula is C28H36FN7O5. The monoisotopic (exact) mass is 569 g/mol. The standard InChI is InChI=1S/C28H36FN7O5/c1-17(2)13-19-20(29)14-30-25-24(19)32-22(33-25)16-36-12-8-10-21(27(36)39)31-26(38)18(15-35(5)28(40)41)9-6-7-11-23(37)34(3)4/h7-8,10-12,14,17-18H,6,9,13,15-16H2,1-5H3,(H,31,38)(H,40,41)(H,30,32,33)/b11-7+/t18-/m0/s1. The fraction of sp³-hybridized carbons (Fsp3) is 0.429. The van der Waals surface area contributed by atoms with Crippen molar-refractivity contribution in [2.24, 2.45) is 11.8 Å². The zero-order valence-corrected chi connectivity index (χ0v) is 23.8. The molecular weight excluding hydrogens is 533 g/mol. The van der Waals surface area contributed by atoms with Crippen molar-refractivity contribution < 1.29 is 23.9 Å². The highest BCUT2D eigenvalue weighted by atomic mass is 19.1. The molecule has 0 aromatic carbocycles. The van der Waals surface area contributed by atoms with E-state index in [-0.39, 0.29) is 37.0 Å². The van der Waals surface area contributed by atoms with Gasteiger partial charge in [-0.15, -0.1) is 0 Å². The van der Waals surface area contributed by atoms with Crippen molar-refractivity contribution in [3.8, 4) is 0 Å². The Balaban J connectivity index is 1.79. The lowest BCUT2D eigenvalue weighted by molar-refractivity contribution is -0.123. The normalized spacial score (nSPS) is 12.2. The molecule has 3 amide bonds. The van der Waals surface area contributed by atoms with Crippen LogP contribution < -0.4 is 10.9 Å². The van der Waals surface area contributed by atoms with Gasteiger partial charge in [-0.2, -0.15) is 0 Å². The third-order valence-electron chi connectivity index (χ3n) is 6.41. The van der Waals surface area contributed by atoms with Gasteiger partial charge in [0, 0.05) is 39.4 Å². The van der Waals surface area contributed by atoms with Gasteiger partial charge in [-0.05, 0) is 43.4 Å². The molecule has 3 N–H and O–H groups in total. The molecule has 0 aliphatic rings. The molecule has 0 radical (unpaired) electrons. The lowest BCUT2D eigenvalue weighted by Crippen LogP contribution is -2.37. The maximum Gasteiger partial charge on any atom is 0.407 e. The van der Waals surface area contributed by atoms with Crippen LogP contribution >= 0.6 is 0 Å². The summed E-state index contributed by atoms with van der Waals surface area (Å²) in [4.78, 5) is 63.5. The van der Waals surface area contributed by atoms with Gasteiger partial charge >= 0.3 is 6.09 Å². The zero-order chi connectivity index (χ0) is 30.3. The number of nitrogens with one attached hydrogen (secondary N) is 2. The molecule has 0 bridgehead atoms. The second-order valence-electron chi connectivity index (χ2n) is 10.5. The number of likely N-dealkylation sites (N-methyl/N-ethyl adjacent to an activating group) is 1. The Morgan fingerprint density at radius 1 is 1.24 bits per heavy atom. The minimum atomic E-state index is -1.19. The highest BCUT2D eigenvalue weighted by Crippen LogP contribution is 2.21. The number of nitrogens with zero attached hydrogens (tertiary/aromatic N) is 5. The number of H-pyrrole nitrogens is 1. The third-order valence-corrected chi connectivity index (χ3v) is 6.41. The van der Waals surface area contributed by atoms with Crippen molar-refractivity contribution in [3.63, 3.8) is 0 Å². The lowest BCUT2D eigenvalue weighted by atomic mass is 10.0. The first-order valence-electron chi connectivity index (χ1n) is 13.2. The molecule has 0 fully saturated rings. The fourth-order valence-electron chi connectivity index (χ4n) is 4.21. The molecule has 0 saturated heterocycles. The van der Waals surface area contributed by atoms with Crippen LogP contribution in [0.4, 0.5) is 14.9 Å². The number of fused-ring (bicyclic) bond motifs is 1. The minimum Gasteiger partial charge on any atom is -0.465 e. The van der Waals surface area contributed by atoms with Crippen molar-refractivity contribution in [1.29, 1.82) is 0 Å². The van der Waals surface area contributed by atoms with Gasteiger partial charge in [0.25, 0.3) is 5.56 Å². The quantitative estimate of drug-likeness (QED) is 0.283. The van der Waals surface area contributed by atoms with Crippen molar-refractivity contribution >= 4 is 34.8 Å². The van der Waals surface area contributed by atoms with E-state index in [2.05, 4.69) is 20.3 Å². The van der Waals surface area contributed by atoms with Gasteiger partial charge in [-0.25, -0.2) is 19.2 Å². The van der Waals surface area contributed by atoms with Crippen LogP contribution in [0.25, 0.3) is 11.2 Å². The van der Waals surface area contributed by atoms with E-state index in [1.165, 1.54) is 34.9 Å². The van der Waals surface area contributed by atoms with E-state index in [9.17, 15) is 28.7 Å². The summed E-state index contributed by atoms with van der Waals surface area (Å²) in [5.74, 6) is -1.33. The number of carbonyl (C=O) groups excluding carboxylic acids is 2. The summed E-state index contributed by atoms with van der Waals surface area (Å²) in [7, 11) is 4.59. The van der Waals surface area contributed by atoms with Crippen molar-refractivity contribution in [3.05, 3.63) is 64.2 Å². The zero-order valence-electron chi connectivity index (χ0n) is 23.8. The van der Waals surface area contributed by atoms with Crippen molar-refractivity contribution in [1.82, 2.24) is 29.3 Å². The van der Waals surface area contributed by atoms with Crippen LogP contribution in [0.5, 0.6) is 0 Å². The topological polar surface area (TPSA) is 154 Å². The summed E-state index contributed by atoms with van der Waals surface area (Å²) in [6.07, 6.45) is 5.59. The number of pyridine rings is 2. The van der Waals surface area contributed by atoms with Crippen LogP contribution in [-0.2, 0) is 22.6 Å². The first kappa shape index (κ1) is 31.0.